The van der Waals surface area contributed by atoms with Crippen molar-refractivity contribution in [1.82, 2.24) is 19.6 Å². The van der Waals surface area contributed by atoms with Crippen LogP contribution >= 0.6 is 23.2 Å². The molecule has 2 aromatic heterocycles. The van der Waals surface area contributed by atoms with E-state index < -0.39 is 5.91 Å². The van der Waals surface area contributed by atoms with Gasteiger partial charge in [0.05, 0.1) is 6.54 Å². The van der Waals surface area contributed by atoms with Crippen LogP contribution < -0.4 is 10.1 Å². The van der Waals surface area contributed by atoms with Crippen molar-refractivity contribution in [1.29, 1.82) is 0 Å². The number of hydrogen-bond acceptors (Lipinski definition) is 4. The molecule has 32 heavy (non-hydrogen) atoms. The van der Waals surface area contributed by atoms with Crippen LogP contribution in [0.15, 0.2) is 60.9 Å². The molecule has 2 heterocycles. The van der Waals surface area contributed by atoms with E-state index in [9.17, 15) is 9.18 Å². The number of halogens is 3. The number of amides is 1. The molecule has 0 bridgehead atoms. The van der Waals surface area contributed by atoms with E-state index in [4.69, 9.17) is 27.9 Å². The topological polar surface area (TPSA) is 74.0 Å². The lowest BCUT2D eigenvalue weighted by Gasteiger charge is -2.07. The standard InChI is InChI=1S/C22H18Cl2FN5O2/c1-14-9-17(5-6-18(14)23)32-13-29-8-7-20(27-29)22(31)26-21-19(24)12-30(28-21)11-15-3-2-4-16(25)10-15/h2-10,12H,11,13H2,1H3,(H,26,28,31). The molecule has 7 nitrogen and oxygen atoms in total. The van der Waals surface area contributed by atoms with Gasteiger partial charge in [-0.3, -0.25) is 9.48 Å². The minimum Gasteiger partial charge on any atom is -0.471 e. The predicted octanol–water partition coefficient (Wildman–Crippen LogP) is 5.17. The van der Waals surface area contributed by atoms with Crippen molar-refractivity contribution >= 4 is 34.9 Å². The molecule has 0 saturated heterocycles. The number of aryl methyl sites for hydroxylation is 1. The first kappa shape index (κ1) is 21.9. The number of rotatable bonds is 7. The van der Waals surface area contributed by atoms with E-state index in [0.29, 0.717) is 17.3 Å². The fourth-order valence-corrected chi connectivity index (χ4v) is 3.27. The first-order valence-electron chi connectivity index (χ1n) is 9.58. The summed E-state index contributed by atoms with van der Waals surface area (Å²) in [4.78, 5) is 12.5. The maximum Gasteiger partial charge on any atom is 0.277 e. The minimum absolute atomic E-state index is 0.122. The summed E-state index contributed by atoms with van der Waals surface area (Å²) in [7, 11) is 0. The molecule has 0 unspecified atom stereocenters. The molecule has 0 fully saturated rings. The quantitative estimate of drug-likeness (QED) is 0.401. The van der Waals surface area contributed by atoms with E-state index in [-0.39, 0.29) is 29.1 Å². The lowest BCUT2D eigenvalue weighted by Crippen LogP contribution is -2.15. The van der Waals surface area contributed by atoms with Gasteiger partial charge in [-0.15, -0.1) is 0 Å². The summed E-state index contributed by atoms with van der Waals surface area (Å²) in [6.07, 6.45) is 3.18. The van der Waals surface area contributed by atoms with Gasteiger partial charge in [-0.25, -0.2) is 9.07 Å². The SMILES string of the molecule is Cc1cc(OCn2ccc(C(=O)Nc3nn(Cc4cccc(F)c4)cc3Cl)n2)ccc1Cl. The van der Waals surface area contributed by atoms with Crippen molar-refractivity contribution in [3.05, 3.63) is 93.6 Å². The van der Waals surface area contributed by atoms with E-state index >= 15 is 0 Å². The highest BCUT2D eigenvalue weighted by Gasteiger charge is 2.15. The molecule has 0 aliphatic carbocycles. The smallest absolute Gasteiger partial charge is 0.277 e. The van der Waals surface area contributed by atoms with Crippen molar-refractivity contribution in [3.8, 4) is 5.75 Å². The fraction of sp³-hybridized carbons (Fsp3) is 0.136. The molecule has 0 aliphatic heterocycles. The third kappa shape index (κ3) is 5.27. The summed E-state index contributed by atoms with van der Waals surface area (Å²) in [5.41, 5.74) is 1.80. The Hall–Kier alpha value is -3.36. The lowest BCUT2D eigenvalue weighted by atomic mass is 10.2. The highest BCUT2D eigenvalue weighted by Crippen LogP contribution is 2.22. The fourth-order valence-electron chi connectivity index (χ4n) is 2.96. The van der Waals surface area contributed by atoms with Crippen LogP contribution in [0.3, 0.4) is 0 Å². The van der Waals surface area contributed by atoms with E-state index in [1.165, 1.54) is 21.5 Å². The van der Waals surface area contributed by atoms with Crippen LogP contribution in [-0.4, -0.2) is 25.5 Å². The number of nitrogens with zero attached hydrogens (tertiary/aromatic N) is 4. The van der Waals surface area contributed by atoms with Crippen LogP contribution in [0.2, 0.25) is 10.0 Å². The Morgan fingerprint density at radius 3 is 2.72 bits per heavy atom. The highest BCUT2D eigenvalue weighted by molar-refractivity contribution is 6.33. The van der Waals surface area contributed by atoms with Gasteiger partial charge in [-0.05, 0) is 54.4 Å². The maximum atomic E-state index is 13.4. The van der Waals surface area contributed by atoms with Gasteiger partial charge in [0.25, 0.3) is 5.91 Å². The summed E-state index contributed by atoms with van der Waals surface area (Å²) < 4.78 is 22.0. The Morgan fingerprint density at radius 1 is 1.09 bits per heavy atom. The van der Waals surface area contributed by atoms with Crippen LogP contribution in [0.25, 0.3) is 0 Å². The Balaban J connectivity index is 1.37. The van der Waals surface area contributed by atoms with Crippen LogP contribution in [-0.2, 0) is 13.3 Å². The Morgan fingerprint density at radius 2 is 1.94 bits per heavy atom. The zero-order chi connectivity index (χ0) is 22.7. The molecule has 10 heteroatoms. The van der Waals surface area contributed by atoms with E-state index in [1.54, 1.807) is 42.7 Å². The normalized spacial score (nSPS) is 10.9. The highest BCUT2D eigenvalue weighted by atomic mass is 35.5. The molecule has 1 N–H and O–H groups in total. The molecular formula is C22H18Cl2FN5O2. The zero-order valence-corrected chi connectivity index (χ0v) is 18.4. The lowest BCUT2D eigenvalue weighted by molar-refractivity contribution is 0.101. The average Bonchev–Trinajstić information content (AvgIpc) is 3.36. The molecule has 0 radical (unpaired) electrons. The molecule has 4 rings (SSSR count). The Kier molecular flexibility index (Phi) is 6.43. The number of carbonyl (C=O) groups is 1. The molecule has 164 valence electrons. The second-order valence-corrected chi connectivity index (χ2v) is 7.85. The van der Waals surface area contributed by atoms with Gasteiger partial charge in [-0.1, -0.05) is 35.3 Å². The average molecular weight is 474 g/mol. The summed E-state index contributed by atoms with van der Waals surface area (Å²) in [6, 6.07) is 13.1. The van der Waals surface area contributed by atoms with Crippen LogP contribution in [0.1, 0.15) is 21.6 Å². The zero-order valence-electron chi connectivity index (χ0n) is 16.9. The maximum absolute atomic E-state index is 13.4. The number of nitrogens with one attached hydrogen (secondary N) is 1. The number of benzene rings is 2. The molecule has 0 spiro atoms. The van der Waals surface area contributed by atoms with Gasteiger partial charge in [0, 0.05) is 17.4 Å². The van der Waals surface area contributed by atoms with Gasteiger partial charge in [0.2, 0.25) is 0 Å². The molecule has 1 amide bonds. The molecule has 0 aliphatic rings. The van der Waals surface area contributed by atoms with E-state index in [1.807, 2.05) is 13.0 Å². The van der Waals surface area contributed by atoms with Crippen molar-refractivity contribution in [2.24, 2.45) is 0 Å². The number of hydrogen-bond donors (Lipinski definition) is 1. The van der Waals surface area contributed by atoms with Gasteiger partial charge in [0.1, 0.15) is 16.6 Å². The second-order valence-electron chi connectivity index (χ2n) is 7.03. The molecule has 0 saturated carbocycles. The predicted molar refractivity (Wildman–Crippen MR) is 120 cm³/mol. The second kappa shape index (κ2) is 9.42. The van der Waals surface area contributed by atoms with Crippen molar-refractivity contribution < 1.29 is 13.9 Å². The number of carbonyl (C=O) groups excluding carboxylic acids is 1. The van der Waals surface area contributed by atoms with Crippen molar-refractivity contribution in [3.63, 3.8) is 0 Å². The molecule has 4 aromatic rings. The molecule has 0 atom stereocenters. The number of anilines is 1. The minimum atomic E-state index is -0.469. The summed E-state index contributed by atoms with van der Waals surface area (Å²) in [5, 5.41) is 12.0. The van der Waals surface area contributed by atoms with Crippen molar-refractivity contribution in [2.75, 3.05) is 5.32 Å². The number of ether oxygens (including phenoxy) is 1. The molecular weight excluding hydrogens is 456 g/mol. The van der Waals surface area contributed by atoms with Gasteiger partial charge in [-0.2, -0.15) is 10.2 Å². The van der Waals surface area contributed by atoms with Gasteiger partial charge < -0.3 is 10.1 Å². The summed E-state index contributed by atoms with van der Waals surface area (Å²) in [5.74, 6) is 0.0311. The summed E-state index contributed by atoms with van der Waals surface area (Å²) >= 11 is 12.2. The molecule has 2 aromatic carbocycles. The number of aromatic nitrogens is 4. The van der Waals surface area contributed by atoms with Crippen LogP contribution in [0.4, 0.5) is 10.2 Å². The Labute approximate surface area is 193 Å². The summed E-state index contributed by atoms with van der Waals surface area (Å²) in [6.45, 7) is 2.32. The largest absolute Gasteiger partial charge is 0.471 e. The first-order chi connectivity index (χ1) is 15.4. The third-order valence-corrected chi connectivity index (χ3v) is 5.25. The third-order valence-electron chi connectivity index (χ3n) is 4.55. The van der Waals surface area contributed by atoms with Gasteiger partial charge >= 0.3 is 0 Å². The van der Waals surface area contributed by atoms with Crippen LogP contribution in [0.5, 0.6) is 5.75 Å². The van der Waals surface area contributed by atoms with Gasteiger partial charge in [0.15, 0.2) is 18.2 Å². The van der Waals surface area contributed by atoms with Crippen molar-refractivity contribution in [2.45, 2.75) is 20.2 Å². The van der Waals surface area contributed by atoms with E-state index in [2.05, 4.69) is 15.5 Å². The first-order valence-corrected chi connectivity index (χ1v) is 10.3. The Bertz CT molecular complexity index is 1270. The monoisotopic (exact) mass is 473 g/mol. The van der Waals surface area contributed by atoms with E-state index in [0.717, 1.165) is 11.1 Å². The van der Waals surface area contributed by atoms with Crippen LogP contribution in [0, 0.1) is 12.7 Å².